The summed E-state index contributed by atoms with van der Waals surface area (Å²) in [5.41, 5.74) is 2.79. The number of para-hydroxylation sites is 1. The van der Waals surface area contributed by atoms with Gasteiger partial charge in [0.25, 0.3) is 0 Å². The van der Waals surface area contributed by atoms with Crippen molar-refractivity contribution in [3.05, 3.63) is 66.4 Å². The second-order valence-corrected chi connectivity index (χ2v) is 5.63. The topological polar surface area (TPSA) is 65.7 Å². The summed E-state index contributed by atoms with van der Waals surface area (Å²) in [6.45, 7) is 3.13. The van der Waals surface area contributed by atoms with Crippen molar-refractivity contribution < 1.29 is 4.74 Å². The van der Waals surface area contributed by atoms with Gasteiger partial charge in [-0.1, -0.05) is 36.4 Å². The van der Waals surface area contributed by atoms with Gasteiger partial charge in [-0.05, 0) is 41.6 Å². The number of aryl methyl sites for hydroxylation is 1. The molecule has 4 aromatic rings. The number of rotatable bonds is 5. The summed E-state index contributed by atoms with van der Waals surface area (Å²) < 4.78 is 7.67. The molecule has 25 heavy (non-hydrogen) atoms. The lowest BCUT2D eigenvalue weighted by molar-refractivity contribution is 0.302. The molecule has 0 aliphatic carbocycles. The van der Waals surface area contributed by atoms with Crippen molar-refractivity contribution in [2.24, 2.45) is 0 Å². The Bertz CT molecular complexity index is 1010. The van der Waals surface area contributed by atoms with Crippen LogP contribution in [0, 0.1) is 0 Å². The summed E-state index contributed by atoms with van der Waals surface area (Å²) in [5.74, 6) is 1.50. The van der Waals surface area contributed by atoms with Crippen molar-refractivity contribution in [3.8, 4) is 17.1 Å². The van der Waals surface area contributed by atoms with Crippen molar-refractivity contribution in [1.29, 1.82) is 0 Å². The quantitative estimate of drug-likeness (QED) is 0.560. The van der Waals surface area contributed by atoms with Gasteiger partial charge in [-0.25, -0.2) is 9.67 Å². The van der Waals surface area contributed by atoms with Gasteiger partial charge in [0.05, 0.1) is 11.2 Å². The molecule has 4 rings (SSSR count). The molecule has 0 spiro atoms. The Morgan fingerprint density at radius 1 is 1.00 bits per heavy atom. The smallest absolute Gasteiger partial charge is 0.182 e. The molecule has 2 heterocycles. The van der Waals surface area contributed by atoms with E-state index in [-0.39, 0.29) is 0 Å². The fourth-order valence-corrected chi connectivity index (χ4v) is 2.70. The summed E-state index contributed by atoms with van der Waals surface area (Å²) in [5, 5.41) is 12.9. The van der Waals surface area contributed by atoms with Crippen molar-refractivity contribution in [1.82, 2.24) is 25.2 Å². The third-order valence-corrected chi connectivity index (χ3v) is 3.97. The van der Waals surface area contributed by atoms with Crippen LogP contribution in [-0.2, 0) is 13.2 Å². The van der Waals surface area contributed by atoms with E-state index in [9.17, 15) is 0 Å². The van der Waals surface area contributed by atoms with E-state index < -0.39 is 0 Å². The predicted octanol–water partition coefficient (Wildman–Crippen LogP) is 3.49. The Kier molecular flexibility index (Phi) is 4.08. The molecule has 0 aliphatic heterocycles. The summed E-state index contributed by atoms with van der Waals surface area (Å²) >= 11 is 0. The second kappa shape index (κ2) is 6.68. The highest BCUT2D eigenvalue weighted by Crippen LogP contribution is 2.22. The first-order chi connectivity index (χ1) is 12.3. The average Bonchev–Trinajstić information content (AvgIpc) is 3.15. The second-order valence-electron chi connectivity index (χ2n) is 5.63. The maximum atomic E-state index is 5.91. The molecule has 0 amide bonds. The third-order valence-electron chi connectivity index (χ3n) is 3.97. The molecule has 2 aromatic carbocycles. The molecular weight excluding hydrogens is 314 g/mol. The van der Waals surface area contributed by atoms with Crippen LogP contribution in [0.25, 0.3) is 22.3 Å². The van der Waals surface area contributed by atoms with Gasteiger partial charge in [0.2, 0.25) is 0 Å². The number of hydrogen-bond acceptors (Lipinski definition) is 5. The molecule has 0 unspecified atom stereocenters. The molecule has 0 atom stereocenters. The van der Waals surface area contributed by atoms with Crippen molar-refractivity contribution in [3.63, 3.8) is 0 Å². The third kappa shape index (κ3) is 3.19. The van der Waals surface area contributed by atoms with Crippen LogP contribution >= 0.6 is 0 Å². The van der Waals surface area contributed by atoms with Crippen LogP contribution in [0.3, 0.4) is 0 Å². The summed E-state index contributed by atoms with van der Waals surface area (Å²) in [7, 11) is 0. The van der Waals surface area contributed by atoms with E-state index in [1.165, 1.54) is 0 Å². The summed E-state index contributed by atoms with van der Waals surface area (Å²) in [6, 6.07) is 19.9. The largest absolute Gasteiger partial charge is 0.487 e. The van der Waals surface area contributed by atoms with Gasteiger partial charge in [0, 0.05) is 17.5 Å². The van der Waals surface area contributed by atoms with Gasteiger partial charge >= 0.3 is 0 Å². The van der Waals surface area contributed by atoms with E-state index in [0.717, 1.165) is 33.7 Å². The molecular formula is C19H17N5O. The monoisotopic (exact) mass is 331 g/mol. The zero-order valence-electron chi connectivity index (χ0n) is 13.8. The molecule has 0 fully saturated rings. The molecule has 0 N–H and O–H groups in total. The summed E-state index contributed by atoms with van der Waals surface area (Å²) in [6.07, 6.45) is 0. The van der Waals surface area contributed by atoms with Crippen LogP contribution in [0.15, 0.2) is 60.7 Å². The van der Waals surface area contributed by atoms with Gasteiger partial charge in [-0.15, -0.1) is 5.10 Å². The molecule has 2 aromatic heterocycles. The number of tetrazole rings is 1. The van der Waals surface area contributed by atoms with E-state index in [2.05, 4.69) is 26.6 Å². The predicted molar refractivity (Wildman–Crippen MR) is 95.0 cm³/mol. The average molecular weight is 331 g/mol. The Morgan fingerprint density at radius 3 is 2.84 bits per heavy atom. The Morgan fingerprint density at radius 2 is 1.92 bits per heavy atom. The Labute approximate surface area is 145 Å². The fraction of sp³-hybridized carbons (Fsp3) is 0.158. The number of ether oxygens (including phenoxy) is 1. The highest BCUT2D eigenvalue weighted by molar-refractivity contribution is 5.78. The number of pyridine rings is 1. The number of nitrogens with zero attached hydrogens (tertiary/aromatic N) is 5. The first-order valence-electron chi connectivity index (χ1n) is 8.17. The van der Waals surface area contributed by atoms with E-state index in [1.807, 2.05) is 61.5 Å². The van der Waals surface area contributed by atoms with Crippen LogP contribution < -0.4 is 4.74 Å². The first kappa shape index (κ1) is 15.3. The van der Waals surface area contributed by atoms with Crippen LogP contribution in [0.5, 0.6) is 5.75 Å². The number of benzene rings is 2. The molecule has 0 bridgehead atoms. The van der Waals surface area contributed by atoms with Crippen molar-refractivity contribution >= 4 is 10.9 Å². The molecule has 0 aliphatic rings. The number of fused-ring (bicyclic) bond motifs is 1. The number of aromatic nitrogens is 5. The van der Waals surface area contributed by atoms with E-state index in [0.29, 0.717) is 13.2 Å². The molecule has 6 heteroatoms. The first-order valence-corrected chi connectivity index (χ1v) is 8.17. The zero-order valence-corrected chi connectivity index (χ0v) is 13.8. The minimum Gasteiger partial charge on any atom is -0.487 e. The zero-order chi connectivity index (χ0) is 17.1. The maximum absolute atomic E-state index is 5.91. The minimum absolute atomic E-state index is 0.410. The lowest BCUT2D eigenvalue weighted by atomic mass is 10.2. The lowest BCUT2D eigenvalue weighted by Crippen LogP contribution is -2.01. The molecule has 124 valence electrons. The fourth-order valence-electron chi connectivity index (χ4n) is 2.70. The van der Waals surface area contributed by atoms with E-state index in [1.54, 1.807) is 4.68 Å². The van der Waals surface area contributed by atoms with Gasteiger partial charge in [0.1, 0.15) is 12.4 Å². The highest BCUT2D eigenvalue weighted by Gasteiger charge is 2.08. The lowest BCUT2D eigenvalue weighted by Gasteiger charge is -2.08. The molecule has 0 saturated carbocycles. The summed E-state index contributed by atoms with van der Waals surface area (Å²) in [4.78, 5) is 4.63. The van der Waals surface area contributed by atoms with Gasteiger partial charge in [-0.3, -0.25) is 0 Å². The van der Waals surface area contributed by atoms with E-state index >= 15 is 0 Å². The van der Waals surface area contributed by atoms with Crippen molar-refractivity contribution in [2.45, 2.75) is 20.1 Å². The van der Waals surface area contributed by atoms with Crippen molar-refractivity contribution in [2.75, 3.05) is 0 Å². The van der Waals surface area contributed by atoms with Gasteiger partial charge < -0.3 is 4.74 Å². The van der Waals surface area contributed by atoms with Gasteiger partial charge in [-0.2, -0.15) is 0 Å². The number of hydrogen-bond donors (Lipinski definition) is 0. The van der Waals surface area contributed by atoms with Crippen LogP contribution in [0.1, 0.15) is 12.6 Å². The highest BCUT2D eigenvalue weighted by atomic mass is 16.5. The molecule has 6 nitrogen and oxygen atoms in total. The Balaban J connectivity index is 1.53. The standard InChI is InChI=1S/C19H17N5O/c1-2-24-19(21-22-23-24)15-7-5-8-17(12-15)25-13-16-11-10-14-6-3-4-9-18(14)20-16/h3-12H,2,13H2,1H3. The SMILES string of the molecule is CCn1nnnc1-c1cccc(OCc2ccc3ccccc3n2)c1. The maximum Gasteiger partial charge on any atom is 0.182 e. The normalized spacial score (nSPS) is 10.9. The molecule has 0 saturated heterocycles. The minimum atomic E-state index is 0.410. The molecule has 0 radical (unpaired) electrons. The van der Waals surface area contributed by atoms with Crippen LogP contribution in [0.2, 0.25) is 0 Å². The van der Waals surface area contributed by atoms with Crippen LogP contribution in [-0.4, -0.2) is 25.2 Å². The van der Waals surface area contributed by atoms with Gasteiger partial charge in [0.15, 0.2) is 5.82 Å². The van der Waals surface area contributed by atoms with E-state index in [4.69, 9.17) is 4.74 Å². The Hall–Kier alpha value is -3.28. The van der Waals surface area contributed by atoms with Crippen LogP contribution in [0.4, 0.5) is 0 Å².